The van der Waals surface area contributed by atoms with Crippen molar-refractivity contribution in [3.63, 3.8) is 0 Å². The molecule has 1 atom stereocenters. The van der Waals surface area contributed by atoms with Gasteiger partial charge in [0, 0.05) is 38.1 Å². The van der Waals surface area contributed by atoms with E-state index in [2.05, 4.69) is 5.32 Å². The molecular formula is C11H21N3O2. The zero-order chi connectivity index (χ0) is 12.1. The highest BCUT2D eigenvalue weighted by molar-refractivity contribution is 4.85. The van der Waals surface area contributed by atoms with Crippen LogP contribution in [0.5, 0.6) is 0 Å². The molecule has 0 amide bonds. The molecule has 0 aliphatic rings. The van der Waals surface area contributed by atoms with E-state index in [4.69, 9.17) is 4.74 Å². The summed E-state index contributed by atoms with van der Waals surface area (Å²) in [6.45, 7) is 5.21. The van der Waals surface area contributed by atoms with Gasteiger partial charge >= 0.3 is 5.69 Å². The Morgan fingerprint density at radius 3 is 2.56 bits per heavy atom. The van der Waals surface area contributed by atoms with Gasteiger partial charge in [-0.2, -0.15) is 0 Å². The van der Waals surface area contributed by atoms with E-state index in [0.717, 1.165) is 0 Å². The summed E-state index contributed by atoms with van der Waals surface area (Å²) in [7, 11) is 3.53. The fourth-order valence-corrected chi connectivity index (χ4v) is 1.63. The molecular weight excluding hydrogens is 206 g/mol. The first-order valence-electron chi connectivity index (χ1n) is 5.53. The Hall–Kier alpha value is -1.07. The lowest BCUT2D eigenvalue weighted by molar-refractivity contribution is 0.161. The number of rotatable bonds is 6. The first-order valence-corrected chi connectivity index (χ1v) is 5.53. The van der Waals surface area contributed by atoms with Gasteiger partial charge in [0.2, 0.25) is 0 Å². The lowest BCUT2D eigenvalue weighted by Crippen LogP contribution is -2.38. The van der Waals surface area contributed by atoms with E-state index < -0.39 is 0 Å². The first kappa shape index (κ1) is 13.0. The third-order valence-corrected chi connectivity index (χ3v) is 2.62. The Bertz CT molecular complexity index is 368. The van der Waals surface area contributed by atoms with Crippen LogP contribution in [0.15, 0.2) is 17.2 Å². The molecule has 1 N–H and O–H groups in total. The highest BCUT2D eigenvalue weighted by Crippen LogP contribution is 1.99. The minimum atomic E-state index is 0.0337. The van der Waals surface area contributed by atoms with Crippen molar-refractivity contribution in [2.45, 2.75) is 32.5 Å². The summed E-state index contributed by atoms with van der Waals surface area (Å²) in [6.07, 6.45) is 3.65. The summed E-state index contributed by atoms with van der Waals surface area (Å²) in [5.41, 5.74) is 0.0337. The Morgan fingerprint density at radius 2 is 2.12 bits per heavy atom. The van der Waals surface area contributed by atoms with Crippen LogP contribution in [0.2, 0.25) is 0 Å². The molecule has 0 spiro atoms. The van der Waals surface area contributed by atoms with E-state index in [1.807, 2.05) is 33.3 Å². The van der Waals surface area contributed by atoms with Gasteiger partial charge < -0.3 is 10.1 Å². The van der Waals surface area contributed by atoms with Gasteiger partial charge in [-0.3, -0.25) is 9.13 Å². The predicted octanol–water partition coefficient (Wildman–Crippen LogP) is 0.465. The number of nitrogens with one attached hydrogen (secondary N) is 1. The smallest absolute Gasteiger partial charge is 0.328 e. The number of methoxy groups -OCH3 is 1. The second-order valence-corrected chi connectivity index (χ2v) is 4.18. The predicted molar refractivity (Wildman–Crippen MR) is 63.8 cm³/mol. The number of hydrogen-bond acceptors (Lipinski definition) is 3. The van der Waals surface area contributed by atoms with Crippen LogP contribution in [0.4, 0.5) is 0 Å². The van der Waals surface area contributed by atoms with Crippen molar-refractivity contribution in [2.75, 3.05) is 20.8 Å². The minimum absolute atomic E-state index is 0.0337. The molecule has 0 saturated heterocycles. The summed E-state index contributed by atoms with van der Waals surface area (Å²) >= 11 is 0. The van der Waals surface area contributed by atoms with E-state index in [-0.39, 0.29) is 17.8 Å². The van der Waals surface area contributed by atoms with E-state index in [1.54, 1.807) is 16.2 Å². The molecule has 1 heterocycles. The van der Waals surface area contributed by atoms with Crippen LogP contribution in [0.3, 0.4) is 0 Å². The maximum atomic E-state index is 11.9. The van der Waals surface area contributed by atoms with Gasteiger partial charge in [-0.15, -0.1) is 0 Å². The molecule has 1 unspecified atom stereocenters. The van der Waals surface area contributed by atoms with Crippen LogP contribution in [-0.2, 0) is 11.3 Å². The minimum Gasteiger partial charge on any atom is -0.383 e. The monoisotopic (exact) mass is 227 g/mol. The summed E-state index contributed by atoms with van der Waals surface area (Å²) < 4.78 is 8.51. The van der Waals surface area contributed by atoms with Crippen LogP contribution in [-0.4, -0.2) is 35.9 Å². The lowest BCUT2D eigenvalue weighted by atomic mass is 10.3. The average molecular weight is 227 g/mol. The van der Waals surface area contributed by atoms with Gasteiger partial charge in [-0.05, 0) is 20.9 Å². The lowest BCUT2D eigenvalue weighted by Gasteiger charge is -2.15. The molecule has 16 heavy (non-hydrogen) atoms. The van der Waals surface area contributed by atoms with Crippen molar-refractivity contribution < 1.29 is 4.74 Å². The topological polar surface area (TPSA) is 48.2 Å². The van der Waals surface area contributed by atoms with Crippen LogP contribution in [0.1, 0.15) is 19.9 Å². The van der Waals surface area contributed by atoms with Crippen molar-refractivity contribution >= 4 is 0 Å². The van der Waals surface area contributed by atoms with E-state index in [1.165, 1.54) is 0 Å². The molecule has 0 radical (unpaired) electrons. The Balaban J connectivity index is 2.77. The molecule has 1 aromatic heterocycles. The summed E-state index contributed by atoms with van der Waals surface area (Å²) in [5, 5.41) is 3.12. The Kier molecular flexibility index (Phi) is 4.76. The summed E-state index contributed by atoms with van der Waals surface area (Å²) in [6, 6.07) is 0.356. The summed E-state index contributed by atoms with van der Waals surface area (Å²) in [4.78, 5) is 11.9. The molecule has 5 heteroatoms. The van der Waals surface area contributed by atoms with Crippen molar-refractivity contribution in [2.24, 2.45) is 0 Å². The van der Waals surface area contributed by atoms with E-state index in [0.29, 0.717) is 13.2 Å². The normalized spacial score (nSPS) is 13.3. The number of aromatic nitrogens is 2. The van der Waals surface area contributed by atoms with Gasteiger partial charge in [0.1, 0.15) is 0 Å². The third kappa shape index (κ3) is 2.96. The molecule has 1 aromatic rings. The second-order valence-electron chi connectivity index (χ2n) is 4.18. The van der Waals surface area contributed by atoms with Crippen molar-refractivity contribution in [3.8, 4) is 0 Å². The Labute approximate surface area is 96.0 Å². The molecule has 0 aliphatic heterocycles. The molecule has 0 aromatic carbocycles. The quantitative estimate of drug-likeness (QED) is 0.768. The zero-order valence-corrected chi connectivity index (χ0v) is 10.4. The first-order chi connectivity index (χ1) is 7.60. The number of nitrogens with zero attached hydrogens (tertiary/aromatic N) is 2. The number of imidazole rings is 1. The molecule has 0 saturated carbocycles. The highest BCUT2D eigenvalue weighted by Gasteiger charge is 2.11. The summed E-state index contributed by atoms with van der Waals surface area (Å²) in [5.74, 6) is 0. The highest BCUT2D eigenvalue weighted by atomic mass is 16.5. The molecule has 92 valence electrons. The maximum absolute atomic E-state index is 11.9. The molecule has 1 rings (SSSR count). The van der Waals surface area contributed by atoms with Crippen LogP contribution >= 0.6 is 0 Å². The van der Waals surface area contributed by atoms with Gasteiger partial charge in [0.15, 0.2) is 0 Å². The van der Waals surface area contributed by atoms with Gasteiger partial charge in [0.25, 0.3) is 0 Å². The standard InChI is InChI=1S/C11H21N3O2/c1-9(2)14-6-5-13(11(14)15)7-10(12-3)8-16-4/h5-6,9-10,12H,7-8H2,1-4H3. The molecule has 0 aliphatic carbocycles. The number of hydrogen-bond donors (Lipinski definition) is 1. The van der Waals surface area contributed by atoms with Gasteiger partial charge in [0.05, 0.1) is 6.61 Å². The third-order valence-electron chi connectivity index (χ3n) is 2.62. The second kappa shape index (κ2) is 5.86. The number of likely N-dealkylation sites (N-methyl/N-ethyl adjacent to an activating group) is 1. The van der Waals surface area contributed by atoms with E-state index in [9.17, 15) is 4.79 Å². The maximum Gasteiger partial charge on any atom is 0.328 e. The fourth-order valence-electron chi connectivity index (χ4n) is 1.63. The Morgan fingerprint density at radius 1 is 1.44 bits per heavy atom. The van der Waals surface area contributed by atoms with Gasteiger partial charge in [-0.25, -0.2) is 4.79 Å². The molecule has 0 bridgehead atoms. The van der Waals surface area contributed by atoms with E-state index >= 15 is 0 Å². The fraction of sp³-hybridized carbons (Fsp3) is 0.727. The molecule has 0 fully saturated rings. The largest absolute Gasteiger partial charge is 0.383 e. The van der Waals surface area contributed by atoms with Crippen molar-refractivity contribution in [1.82, 2.24) is 14.5 Å². The SMILES string of the molecule is CNC(COC)Cn1ccn(C(C)C)c1=O. The van der Waals surface area contributed by atoms with Crippen LogP contribution in [0, 0.1) is 0 Å². The van der Waals surface area contributed by atoms with Crippen LogP contribution in [0.25, 0.3) is 0 Å². The van der Waals surface area contributed by atoms with Crippen LogP contribution < -0.4 is 11.0 Å². The van der Waals surface area contributed by atoms with Gasteiger partial charge in [-0.1, -0.05) is 0 Å². The molecule has 5 nitrogen and oxygen atoms in total. The number of ether oxygens (including phenoxy) is 1. The zero-order valence-electron chi connectivity index (χ0n) is 10.4. The average Bonchev–Trinajstić information content (AvgIpc) is 2.60. The van der Waals surface area contributed by atoms with Crippen molar-refractivity contribution in [1.29, 1.82) is 0 Å². The van der Waals surface area contributed by atoms with Crippen molar-refractivity contribution in [3.05, 3.63) is 22.9 Å².